The average molecular weight is 468 g/mol. The van der Waals surface area contributed by atoms with E-state index in [9.17, 15) is 22.6 Å². The summed E-state index contributed by atoms with van der Waals surface area (Å²) in [6.07, 6.45) is 4.46. The molecule has 0 rings (SSSR count). The lowest BCUT2D eigenvalue weighted by molar-refractivity contribution is -0.870. The predicted molar refractivity (Wildman–Crippen MR) is 120 cm³/mol. The summed E-state index contributed by atoms with van der Waals surface area (Å²) < 4.78 is 41.5. The van der Waals surface area contributed by atoms with E-state index in [-0.39, 0.29) is 11.9 Å². The lowest BCUT2D eigenvalue weighted by Gasteiger charge is -2.23. The van der Waals surface area contributed by atoms with Gasteiger partial charge in [-0.2, -0.15) is 0 Å². The van der Waals surface area contributed by atoms with Crippen molar-refractivity contribution < 1.29 is 40.7 Å². The maximum absolute atomic E-state index is 10.7. The minimum atomic E-state index is -4.41. The van der Waals surface area contributed by atoms with Crippen molar-refractivity contribution in [2.75, 3.05) is 48.0 Å². The second kappa shape index (κ2) is 16.9. The lowest BCUT2D eigenvalue weighted by atomic mass is 9.84. The van der Waals surface area contributed by atoms with Crippen molar-refractivity contribution in [3.05, 3.63) is 25.3 Å². The third kappa shape index (κ3) is 36.0. The van der Waals surface area contributed by atoms with Crippen LogP contribution in [-0.2, 0) is 33.6 Å². The molecule has 0 aromatic carbocycles. The van der Waals surface area contributed by atoms with Crippen molar-refractivity contribution in [1.82, 2.24) is 0 Å². The van der Waals surface area contributed by atoms with Crippen molar-refractivity contribution in [1.29, 1.82) is 0 Å². The quantitative estimate of drug-likeness (QED) is 0.158. The molecule has 0 saturated carbocycles. The second-order valence-corrected chi connectivity index (χ2v) is 10.1. The van der Waals surface area contributed by atoms with Crippen molar-refractivity contribution >= 4 is 22.3 Å². The van der Waals surface area contributed by atoms with E-state index in [0.29, 0.717) is 24.5 Å². The molecule has 184 valence electrons. The largest absolute Gasteiger partial charge is 0.726 e. The molecular formula is C21H41NO8S. The standard InChI is InChI=1S/C12H22O2.C8H16NO2.CH4O4S/c1-6-11(13)14-8-7-10(2)9-12(3,4)5;1-5-8(10)11-7-6-9(2,3)4;1-5-6(2,3)4/h6,10H,1,7-9H2,2-5H3;5H,1,6-7H2,2-4H3;1H3,(H,2,3,4)/q;+1;/p-1. The highest BCUT2D eigenvalue weighted by molar-refractivity contribution is 7.80. The van der Waals surface area contributed by atoms with Crippen molar-refractivity contribution in [2.24, 2.45) is 11.3 Å². The van der Waals surface area contributed by atoms with Gasteiger partial charge in [0.15, 0.2) is 0 Å². The van der Waals surface area contributed by atoms with E-state index in [1.54, 1.807) is 0 Å². The van der Waals surface area contributed by atoms with Gasteiger partial charge >= 0.3 is 11.9 Å². The molecule has 1 atom stereocenters. The van der Waals surface area contributed by atoms with Crippen LogP contribution >= 0.6 is 0 Å². The molecule has 0 aromatic rings. The van der Waals surface area contributed by atoms with Gasteiger partial charge in [0.2, 0.25) is 10.4 Å². The van der Waals surface area contributed by atoms with Crippen LogP contribution in [-0.4, -0.2) is 77.4 Å². The smallest absolute Gasteiger partial charge is 0.330 e. The Morgan fingerprint density at radius 3 is 1.71 bits per heavy atom. The van der Waals surface area contributed by atoms with Crippen molar-refractivity contribution in [3.63, 3.8) is 0 Å². The fourth-order valence-electron chi connectivity index (χ4n) is 2.05. The van der Waals surface area contributed by atoms with Gasteiger partial charge in [-0.3, -0.25) is 4.18 Å². The Labute approximate surface area is 188 Å². The van der Waals surface area contributed by atoms with Crippen LogP contribution in [0.5, 0.6) is 0 Å². The van der Waals surface area contributed by atoms with Gasteiger partial charge in [-0.25, -0.2) is 18.0 Å². The summed E-state index contributed by atoms with van der Waals surface area (Å²) in [4.78, 5) is 21.3. The van der Waals surface area contributed by atoms with Crippen LogP contribution in [0.1, 0.15) is 40.5 Å². The lowest BCUT2D eigenvalue weighted by Crippen LogP contribution is -2.37. The van der Waals surface area contributed by atoms with Gasteiger partial charge in [0.25, 0.3) is 0 Å². The molecule has 0 spiro atoms. The number of nitrogens with zero attached hydrogens (tertiary/aromatic N) is 1. The molecule has 0 aromatic heterocycles. The van der Waals surface area contributed by atoms with E-state index >= 15 is 0 Å². The van der Waals surface area contributed by atoms with E-state index in [1.807, 2.05) is 21.1 Å². The van der Waals surface area contributed by atoms with Gasteiger partial charge in [-0.05, 0) is 24.2 Å². The average Bonchev–Trinajstić information content (AvgIpc) is 2.59. The molecule has 0 bridgehead atoms. The highest BCUT2D eigenvalue weighted by atomic mass is 32.3. The first-order chi connectivity index (χ1) is 13.9. The summed E-state index contributed by atoms with van der Waals surface area (Å²) in [7, 11) is 2.53. The summed E-state index contributed by atoms with van der Waals surface area (Å²) in [5.41, 5.74) is 0.349. The van der Waals surface area contributed by atoms with Crippen LogP contribution in [0.15, 0.2) is 25.3 Å². The molecule has 9 nitrogen and oxygen atoms in total. The molecule has 0 aliphatic heterocycles. The number of carbonyl (C=O) groups excluding carboxylic acids is 2. The molecule has 10 heteroatoms. The number of hydrogen-bond donors (Lipinski definition) is 0. The first kappa shape index (κ1) is 33.9. The van der Waals surface area contributed by atoms with Crippen LogP contribution in [0.4, 0.5) is 0 Å². The Morgan fingerprint density at radius 1 is 1.03 bits per heavy atom. The number of carbonyl (C=O) groups is 2. The minimum absolute atomic E-state index is 0.326. The number of likely N-dealkylation sites (N-methyl/N-ethyl adjacent to an activating group) is 1. The maximum atomic E-state index is 10.7. The molecule has 0 fully saturated rings. The first-order valence-corrected chi connectivity index (χ1v) is 11.1. The molecule has 0 saturated heterocycles. The van der Waals surface area contributed by atoms with Crippen molar-refractivity contribution in [2.45, 2.75) is 40.5 Å². The van der Waals surface area contributed by atoms with Crippen LogP contribution < -0.4 is 0 Å². The zero-order chi connectivity index (χ0) is 25.3. The summed E-state index contributed by atoms with van der Waals surface area (Å²) in [6, 6.07) is 0. The van der Waals surface area contributed by atoms with E-state index in [1.165, 1.54) is 12.2 Å². The molecule has 0 heterocycles. The van der Waals surface area contributed by atoms with Gasteiger partial charge in [-0.15, -0.1) is 0 Å². The second-order valence-electron chi connectivity index (χ2n) is 8.99. The Kier molecular flexibility index (Phi) is 18.4. The minimum Gasteiger partial charge on any atom is -0.726 e. The number of quaternary nitrogens is 1. The molecule has 0 aliphatic rings. The van der Waals surface area contributed by atoms with Crippen LogP contribution in [0.3, 0.4) is 0 Å². The monoisotopic (exact) mass is 467 g/mol. The van der Waals surface area contributed by atoms with Gasteiger partial charge in [0, 0.05) is 12.2 Å². The van der Waals surface area contributed by atoms with Crippen molar-refractivity contribution in [3.8, 4) is 0 Å². The number of hydrogen-bond acceptors (Lipinski definition) is 8. The highest BCUT2D eigenvalue weighted by Gasteiger charge is 2.15. The third-order valence-corrected chi connectivity index (χ3v) is 3.77. The Balaban J connectivity index is -0.000000410. The normalized spacial score (nSPS) is 12.2. The molecule has 31 heavy (non-hydrogen) atoms. The van der Waals surface area contributed by atoms with Gasteiger partial charge in [0.1, 0.15) is 13.2 Å². The fourth-order valence-corrected chi connectivity index (χ4v) is 2.05. The molecular weight excluding hydrogens is 426 g/mol. The van der Waals surface area contributed by atoms with E-state index < -0.39 is 10.4 Å². The van der Waals surface area contributed by atoms with Gasteiger partial charge < -0.3 is 18.5 Å². The van der Waals surface area contributed by atoms with E-state index in [0.717, 1.165) is 31.0 Å². The van der Waals surface area contributed by atoms with Crippen LogP contribution in [0.25, 0.3) is 0 Å². The SMILES string of the molecule is C=CC(=O)OCCC(C)CC(C)(C)C.C=CC(=O)OCC[N+](C)(C)C.COS(=O)(=O)[O-]. The topological polar surface area (TPSA) is 119 Å². The molecule has 0 N–H and O–H groups in total. The maximum Gasteiger partial charge on any atom is 0.330 e. The van der Waals surface area contributed by atoms with Gasteiger partial charge in [0.05, 0.1) is 34.9 Å². The first-order valence-electron chi connectivity index (χ1n) is 9.77. The highest BCUT2D eigenvalue weighted by Crippen LogP contribution is 2.25. The predicted octanol–water partition coefficient (Wildman–Crippen LogP) is 2.69. The number of rotatable bonds is 10. The third-order valence-electron chi connectivity index (χ3n) is 3.36. The van der Waals surface area contributed by atoms with Gasteiger partial charge in [-0.1, -0.05) is 40.9 Å². The van der Waals surface area contributed by atoms with E-state index in [2.05, 4.69) is 45.0 Å². The summed E-state index contributed by atoms with van der Waals surface area (Å²) in [5.74, 6) is -0.0842. The van der Waals surface area contributed by atoms with E-state index in [4.69, 9.17) is 9.47 Å². The summed E-state index contributed by atoms with van der Waals surface area (Å²) >= 11 is 0. The summed E-state index contributed by atoms with van der Waals surface area (Å²) in [6.45, 7) is 17.3. The molecule has 1 unspecified atom stereocenters. The number of esters is 2. The number of ether oxygens (including phenoxy) is 2. The fraction of sp³-hybridized carbons (Fsp3) is 0.714. The zero-order valence-electron chi connectivity index (χ0n) is 20.3. The molecule has 0 aliphatic carbocycles. The zero-order valence-corrected chi connectivity index (χ0v) is 21.1. The Hall–Kier alpha value is -1.75. The Morgan fingerprint density at radius 2 is 1.42 bits per heavy atom. The molecule has 0 radical (unpaired) electrons. The van der Waals surface area contributed by atoms with Crippen LogP contribution in [0, 0.1) is 11.3 Å². The van der Waals surface area contributed by atoms with Crippen LogP contribution in [0.2, 0.25) is 0 Å². The Bertz CT molecular complexity index is 631. The summed E-state index contributed by atoms with van der Waals surface area (Å²) in [5, 5.41) is 0. The molecule has 0 amide bonds.